The summed E-state index contributed by atoms with van der Waals surface area (Å²) in [4.78, 5) is 0. The molecule has 1 heterocycles. The van der Waals surface area contributed by atoms with Crippen molar-refractivity contribution in [2.75, 3.05) is 18.9 Å². The number of nitrogens with two attached hydrogens (primary N) is 1. The second kappa shape index (κ2) is 3.56. The lowest BCUT2D eigenvalue weighted by Crippen LogP contribution is -2.08. The van der Waals surface area contributed by atoms with E-state index in [4.69, 9.17) is 15.2 Å². The second-order valence-corrected chi connectivity index (χ2v) is 3.11. The fraction of sp³-hybridized carbons (Fsp3) is 0.400. The van der Waals surface area contributed by atoms with Crippen molar-refractivity contribution in [3.8, 4) is 11.5 Å². The van der Waals surface area contributed by atoms with Gasteiger partial charge in [0.2, 0.25) is 0 Å². The zero-order chi connectivity index (χ0) is 9.10. The number of anilines is 1. The zero-order valence-electron chi connectivity index (χ0n) is 7.45. The topological polar surface area (TPSA) is 44.5 Å². The third kappa shape index (κ3) is 1.86. The summed E-state index contributed by atoms with van der Waals surface area (Å²) in [6, 6.07) is 5.49. The van der Waals surface area contributed by atoms with Gasteiger partial charge in [-0.2, -0.15) is 0 Å². The highest BCUT2D eigenvalue weighted by Crippen LogP contribution is 2.30. The van der Waals surface area contributed by atoms with Crippen LogP contribution < -0.4 is 15.2 Å². The van der Waals surface area contributed by atoms with Crippen LogP contribution in [0, 0.1) is 0 Å². The molecule has 0 unspecified atom stereocenters. The van der Waals surface area contributed by atoms with E-state index < -0.39 is 0 Å². The molecule has 2 rings (SSSR count). The first kappa shape index (κ1) is 8.23. The Labute approximate surface area is 77.5 Å². The van der Waals surface area contributed by atoms with Gasteiger partial charge in [-0.3, -0.25) is 0 Å². The standard InChI is InChI=1S/C10H13NO2/c11-8-3-4-9-10(7-8)13-6-2-1-5-12-9/h3-4,7H,1-2,5-6,11H2. The molecular formula is C10H13NO2. The number of ether oxygens (including phenoxy) is 2. The van der Waals surface area contributed by atoms with Crippen molar-refractivity contribution in [1.82, 2.24) is 0 Å². The van der Waals surface area contributed by atoms with Crippen LogP contribution in [0.3, 0.4) is 0 Å². The maximum atomic E-state index is 5.64. The molecule has 2 N–H and O–H groups in total. The molecule has 1 aliphatic heterocycles. The molecule has 0 atom stereocenters. The van der Waals surface area contributed by atoms with Crippen LogP contribution in [0.2, 0.25) is 0 Å². The molecular weight excluding hydrogens is 166 g/mol. The number of nitrogen functional groups attached to an aromatic ring is 1. The average molecular weight is 179 g/mol. The van der Waals surface area contributed by atoms with Gasteiger partial charge in [-0.15, -0.1) is 0 Å². The van der Waals surface area contributed by atoms with E-state index in [9.17, 15) is 0 Å². The van der Waals surface area contributed by atoms with Crippen molar-refractivity contribution in [3.05, 3.63) is 18.2 Å². The molecule has 0 saturated heterocycles. The van der Waals surface area contributed by atoms with Crippen molar-refractivity contribution >= 4 is 5.69 Å². The van der Waals surface area contributed by atoms with Gasteiger partial charge in [0.05, 0.1) is 13.2 Å². The van der Waals surface area contributed by atoms with Crippen LogP contribution in [-0.2, 0) is 0 Å². The van der Waals surface area contributed by atoms with Crippen molar-refractivity contribution in [3.63, 3.8) is 0 Å². The molecule has 0 aliphatic carbocycles. The van der Waals surface area contributed by atoms with Crippen LogP contribution >= 0.6 is 0 Å². The van der Waals surface area contributed by atoms with Gasteiger partial charge in [0.25, 0.3) is 0 Å². The summed E-state index contributed by atoms with van der Waals surface area (Å²) in [5.41, 5.74) is 6.35. The third-order valence-corrected chi connectivity index (χ3v) is 2.02. The second-order valence-electron chi connectivity index (χ2n) is 3.11. The minimum atomic E-state index is 0.711. The summed E-state index contributed by atoms with van der Waals surface area (Å²) in [6.07, 6.45) is 2.08. The van der Waals surface area contributed by atoms with Crippen LogP contribution in [0.5, 0.6) is 11.5 Å². The first-order valence-electron chi connectivity index (χ1n) is 4.51. The fourth-order valence-corrected chi connectivity index (χ4v) is 1.33. The molecule has 0 saturated carbocycles. The number of rotatable bonds is 0. The van der Waals surface area contributed by atoms with Gasteiger partial charge < -0.3 is 15.2 Å². The minimum Gasteiger partial charge on any atom is -0.490 e. The highest BCUT2D eigenvalue weighted by molar-refractivity contribution is 5.52. The lowest BCUT2D eigenvalue weighted by Gasteiger charge is -2.16. The molecule has 1 aliphatic rings. The van der Waals surface area contributed by atoms with Crippen LogP contribution in [-0.4, -0.2) is 13.2 Å². The predicted molar refractivity (Wildman–Crippen MR) is 51.1 cm³/mol. The van der Waals surface area contributed by atoms with Crippen LogP contribution in [0.15, 0.2) is 18.2 Å². The van der Waals surface area contributed by atoms with E-state index in [2.05, 4.69) is 0 Å². The summed E-state index contributed by atoms with van der Waals surface area (Å²) in [5, 5.41) is 0. The molecule has 3 heteroatoms. The monoisotopic (exact) mass is 179 g/mol. The van der Waals surface area contributed by atoms with E-state index in [0.717, 1.165) is 37.6 Å². The van der Waals surface area contributed by atoms with Gasteiger partial charge >= 0.3 is 0 Å². The third-order valence-electron chi connectivity index (χ3n) is 2.02. The van der Waals surface area contributed by atoms with Crippen molar-refractivity contribution in [2.24, 2.45) is 0 Å². The number of hydrogen-bond acceptors (Lipinski definition) is 3. The van der Waals surface area contributed by atoms with E-state index in [-0.39, 0.29) is 0 Å². The summed E-state index contributed by atoms with van der Waals surface area (Å²) in [7, 11) is 0. The molecule has 0 amide bonds. The predicted octanol–water partition coefficient (Wildman–Crippen LogP) is 1.82. The average Bonchev–Trinajstić information content (AvgIpc) is 2.08. The largest absolute Gasteiger partial charge is 0.490 e. The van der Waals surface area contributed by atoms with Crippen molar-refractivity contribution < 1.29 is 9.47 Å². The lowest BCUT2D eigenvalue weighted by atomic mass is 10.2. The number of fused-ring (bicyclic) bond motifs is 1. The molecule has 13 heavy (non-hydrogen) atoms. The normalized spacial score (nSPS) is 16.0. The Hall–Kier alpha value is -1.38. The molecule has 1 aromatic carbocycles. The highest BCUT2D eigenvalue weighted by Gasteiger charge is 2.08. The number of hydrogen-bond donors (Lipinski definition) is 1. The molecule has 0 radical (unpaired) electrons. The molecule has 0 aromatic heterocycles. The van der Waals surface area contributed by atoms with Gasteiger partial charge in [0.15, 0.2) is 11.5 Å². The Kier molecular flexibility index (Phi) is 2.25. The highest BCUT2D eigenvalue weighted by atomic mass is 16.5. The Morgan fingerprint density at radius 2 is 1.69 bits per heavy atom. The Morgan fingerprint density at radius 3 is 2.46 bits per heavy atom. The molecule has 0 fully saturated rings. The van der Waals surface area contributed by atoms with Crippen molar-refractivity contribution in [2.45, 2.75) is 12.8 Å². The van der Waals surface area contributed by atoms with Crippen molar-refractivity contribution in [1.29, 1.82) is 0 Å². The summed E-state index contributed by atoms with van der Waals surface area (Å²) >= 11 is 0. The van der Waals surface area contributed by atoms with Gasteiger partial charge in [0, 0.05) is 11.8 Å². The maximum Gasteiger partial charge on any atom is 0.163 e. The minimum absolute atomic E-state index is 0.711. The first-order chi connectivity index (χ1) is 6.36. The van der Waals surface area contributed by atoms with E-state index in [0.29, 0.717) is 5.69 Å². The zero-order valence-corrected chi connectivity index (χ0v) is 7.45. The molecule has 1 aromatic rings. The van der Waals surface area contributed by atoms with E-state index in [1.54, 1.807) is 6.07 Å². The number of benzene rings is 1. The van der Waals surface area contributed by atoms with Gasteiger partial charge in [-0.1, -0.05) is 0 Å². The Bertz CT molecular complexity index is 299. The van der Waals surface area contributed by atoms with E-state index in [1.165, 1.54) is 0 Å². The molecule has 0 bridgehead atoms. The SMILES string of the molecule is Nc1ccc2c(c1)OCCCCO2. The van der Waals surface area contributed by atoms with Gasteiger partial charge in [-0.25, -0.2) is 0 Å². The Balaban J connectivity index is 2.28. The van der Waals surface area contributed by atoms with Crippen LogP contribution in [0.25, 0.3) is 0 Å². The molecule has 3 nitrogen and oxygen atoms in total. The quantitative estimate of drug-likeness (QED) is 0.618. The fourth-order valence-electron chi connectivity index (χ4n) is 1.33. The smallest absolute Gasteiger partial charge is 0.163 e. The maximum absolute atomic E-state index is 5.64. The lowest BCUT2D eigenvalue weighted by molar-refractivity contribution is 0.223. The van der Waals surface area contributed by atoms with Gasteiger partial charge in [0.1, 0.15) is 0 Å². The summed E-state index contributed by atoms with van der Waals surface area (Å²) < 4.78 is 11.0. The van der Waals surface area contributed by atoms with E-state index >= 15 is 0 Å². The van der Waals surface area contributed by atoms with Gasteiger partial charge in [-0.05, 0) is 25.0 Å². The first-order valence-corrected chi connectivity index (χ1v) is 4.51. The van der Waals surface area contributed by atoms with Crippen LogP contribution in [0.1, 0.15) is 12.8 Å². The molecule has 0 spiro atoms. The summed E-state index contributed by atoms with van der Waals surface area (Å²) in [6.45, 7) is 1.51. The van der Waals surface area contributed by atoms with Crippen LogP contribution in [0.4, 0.5) is 5.69 Å². The summed E-state index contributed by atoms with van der Waals surface area (Å²) in [5.74, 6) is 1.56. The Morgan fingerprint density at radius 1 is 1.00 bits per heavy atom. The molecule has 70 valence electrons. The van der Waals surface area contributed by atoms with E-state index in [1.807, 2.05) is 12.1 Å².